The van der Waals surface area contributed by atoms with Crippen molar-refractivity contribution in [3.8, 4) is 0 Å². The molecule has 0 aromatic carbocycles. The molecule has 0 N–H and O–H groups in total. The average molecular weight is 276 g/mol. The van der Waals surface area contributed by atoms with E-state index in [0.717, 1.165) is 13.1 Å². The molecule has 0 aromatic rings. The molecule has 0 aliphatic rings. The minimum Gasteiger partial charge on any atom is -0.355 e. The summed E-state index contributed by atoms with van der Waals surface area (Å²) in [6, 6.07) is 0. The molecule has 0 unspecified atom stereocenters. The molecule has 114 valence electrons. The van der Waals surface area contributed by atoms with Crippen LogP contribution in [0.2, 0.25) is 0 Å². The largest absolute Gasteiger partial charge is 0.355 e. The van der Waals surface area contributed by atoms with Gasteiger partial charge in [0.25, 0.3) is 0 Å². The molecule has 0 rings (SSSR count). The summed E-state index contributed by atoms with van der Waals surface area (Å²) in [5, 5.41) is 0. The van der Waals surface area contributed by atoms with Gasteiger partial charge in [0.05, 0.1) is 0 Å². The molecule has 0 aromatic heterocycles. The number of hydrogen-bond donors (Lipinski definition) is 0. The minimum atomic E-state index is 1.11. The SMILES string of the molecule is CC=CN(C=CC)CCCCCCN(C=CC)C=CC. The van der Waals surface area contributed by atoms with E-state index in [1.165, 1.54) is 25.7 Å². The van der Waals surface area contributed by atoms with E-state index in [-0.39, 0.29) is 0 Å². The van der Waals surface area contributed by atoms with Crippen molar-refractivity contribution in [2.75, 3.05) is 13.1 Å². The Morgan fingerprint density at radius 1 is 0.500 bits per heavy atom. The molecule has 0 saturated heterocycles. The van der Waals surface area contributed by atoms with Crippen LogP contribution in [-0.4, -0.2) is 22.9 Å². The smallest absolute Gasteiger partial charge is 0.0219 e. The van der Waals surface area contributed by atoms with Gasteiger partial charge in [0.2, 0.25) is 0 Å². The third kappa shape index (κ3) is 10.5. The lowest BCUT2D eigenvalue weighted by Gasteiger charge is -2.16. The fourth-order valence-corrected chi connectivity index (χ4v) is 2.11. The predicted octanol–water partition coefficient (Wildman–Crippen LogP) is 5.29. The maximum absolute atomic E-state index is 2.26. The summed E-state index contributed by atoms with van der Waals surface area (Å²) in [6.07, 6.45) is 22.0. The Kier molecular flexibility index (Phi) is 13.0. The molecule has 0 atom stereocenters. The van der Waals surface area contributed by atoms with E-state index in [1.807, 2.05) is 0 Å². The normalized spacial score (nSPS) is 12.4. The van der Waals surface area contributed by atoms with Crippen LogP contribution >= 0.6 is 0 Å². The third-order valence-corrected chi connectivity index (χ3v) is 2.94. The monoisotopic (exact) mass is 276 g/mol. The van der Waals surface area contributed by atoms with Gasteiger partial charge in [0.15, 0.2) is 0 Å². The highest BCUT2D eigenvalue weighted by molar-refractivity contribution is 4.89. The van der Waals surface area contributed by atoms with Crippen LogP contribution in [0.15, 0.2) is 49.1 Å². The molecule has 0 bridgehead atoms. The van der Waals surface area contributed by atoms with Gasteiger partial charge in [-0.25, -0.2) is 0 Å². The number of rotatable bonds is 11. The minimum absolute atomic E-state index is 1.11. The number of unbranched alkanes of at least 4 members (excludes halogenated alkanes) is 3. The van der Waals surface area contributed by atoms with E-state index in [0.29, 0.717) is 0 Å². The Bertz CT molecular complexity index is 257. The van der Waals surface area contributed by atoms with Crippen molar-refractivity contribution in [2.24, 2.45) is 0 Å². The van der Waals surface area contributed by atoms with E-state index in [4.69, 9.17) is 0 Å². The second-order valence-corrected chi connectivity index (χ2v) is 4.82. The lowest BCUT2D eigenvalue weighted by atomic mass is 10.2. The van der Waals surface area contributed by atoms with E-state index in [2.05, 4.69) is 86.6 Å². The highest BCUT2D eigenvalue weighted by atomic mass is 15.1. The zero-order valence-corrected chi connectivity index (χ0v) is 13.8. The number of allylic oxidation sites excluding steroid dienone is 4. The Labute approximate surface area is 126 Å². The Balaban J connectivity index is 3.74. The van der Waals surface area contributed by atoms with Crippen molar-refractivity contribution in [1.29, 1.82) is 0 Å². The maximum Gasteiger partial charge on any atom is 0.0219 e. The van der Waals surface area contributed by atoms with E-state index in [1.54, 1.807) is 0 Å². The van der Waals surface area contributed by atoms with Crippen molar-refractivity contribution >= 4 is 0 Å². The van der Waals surface area contributed by atoms with E-state index >= 15 is 0 Å². The van der Waals surface area contributed by atoms with Crippen LogP contribution in [0.3, 0.4) is 0 Å². The fourth-order valence-electron chi connectivity index (χ4n) is 2.11. The first-order chi connectivity index (χ1) is 9.78. The molecule has 0 heterocycles. The lowest BCUT2D eigenvalue weighted by Crippen LogP contribution is -2.12. The standard InChI is InChI=1S/C18H32N2/c1-5-13-19(14-6-2)17-11-9-10-12-18-20(15-7-3)16-8-4/h5-8,13-16H,9-12,17-18H2,1-4H3. The summed E-state index contributed by atoms with van der Waals surface area (Å²) < 4.78 is 0. The van der Waals surface area contributed by atoms with Crippen LogP contribution in [0.1, 0.15) is 53.4 Å². The molecular formula is C18H32N2. The van der Waals surface area contributed by atoms with Crippen LogP contribution in [0, 0.1) is 0 Å². The van der Waals surface area contributed by atoms with Crippen molar-refractivity contribution in [3.63, 3.8) is 0 Å². The Morgan fingerprint density at radius 2 is 0.800 bits per heavy atom. The summed E-state index contributed by atoms with van der Waals surface area (Å²) >= 11 is 0. The molecule has 0 saturated carbocycles. The molecule has 2 heteroatoms. The highest BCUT2D eigenvalue weighted by Gasteiger charge is 1.97. The molecule has 0 fully saturated rings. The lowest BCUT2D eigenvalue weighted by molar-refractivity contribution is 0.441. The van der Waals surface area contributed by atoms with Crippen LogP contribution in [0.25, 0.3) is 0 Å². The number of nitrogens with zero attached hydrogens (tertiary/aromatic N) is 2. The molecule has 0 amide bonds. The number of hydrogen-bond acceptors (Lipinski definition) is 2. The Hall–Kier alpha value is -1.44. The van der Waals surface area contributed by atoms with Gasteiger partial charge in [-0.2, -0.15) is 0 Å². The van der Waals surface area contributed by atoms with Crippen molar-refractivity contribution in [2.45, 2.75) is 53.4 Å². The van der Waals surface area contributed by atoms with Crippen molar-refractivity contribution in [1.82, 2.24) is 9.80 Å². The second kappa shape index (κ2) is 14.0. The van der Waals surface area contributed by atoms with Crippen LogP contribution in [-0.2, 0) is 0 Å². The predicted molar refractivity (Wildman–Crippen MR) is 91.1 cm³/mol. The first-order valence-electron chi connectivity index (χ1n) is 7.81. The zero-order valence-electron chi connectivity index (χ0n) is 13.8. The maximum atomic E-state index is 2.26. The molecule has 0 aliphatic carbocycles. The van der Waals surface area contributed by atoms with E-state index in [9.17, 15) is 0 Å². The van der Waals surface area contributed by atoms with Crippen molar-refractivity contribution in [3.05, 3.63) is 49.1 Å². The Morgan fingerprint density at radius 3 is 1.05 bits per heavy atom. The fraction of sp³-hybridized carbons (Fsp3) is 0.556. The molecule has 0 radical (unpaired) electrons. The molecular weight excluding hydrogens is 244 g/mol. The topological polar surface area (TPSA) is 6.48 Å². The molecule has 20 heavy (non-hydrogen) atoms. The van der Waals surface area contributed by atoms with Crippen LogP contribution in [0.5, 0.6) is 0 Å². The van der Waals surface area contributed by atoms with Crippen LogP contribution in [0.4, 0.5) is 0 Å². The van der Waals surface area contributed by atoms with Gasteiger partial charge in [0.1, 0.15) is 0 Å². The van der Waals surface area contributed by atoms with Gasteiger partial charge in [-0.05, 0) is 65.3 Å². The van der Waals surface area contributed by atoms with Gasteiger partial charge < -0.3 is 9.80 Å². The van der Waals surface area contributed by atoms with Crippen LogP contribution < -0.4 is 0 Å². The highest BCUT2D eigenvalue weighted by Crippen LogP contribution is 2.05. The quantitative estimate of drug-likeness (QED) is 0.473. The average Bonchev–Trinajstić information content (AvgIpc) is 2.43. The van der Waals surface area contributed by atoms with Gasteiger partial charge in [-0.3, -0.25) is 0 Å². The summed E-state index contributed by atoms with van der Waals surface area (Å²) in [5.41, 5.74) is 0. The first kappa shape index (κ1) is 18.6. The molecule has 0 aliphatic heterocycles. The summed E-state index contributed by atoms with van der Waals surface area (Å²) in [5.74, 6) is 0. The summed E-state index contributed by atoms with van der Waals surface area (Å²) in [7, 11) is 0. The van der Waals surface area contributed by atoms with Gasteiger partial charge in [0, 0.05) is 13.1 Å². The summed E-state index contributed by atoms with van der Waals surface area (Å²) in [4.78, 5) is 4.51. The molecule has 0 spiro atoms. The first-order valence-corrected chi connectivity index (χ1v) is 7.81. The second-order valence-electron chi connectivity index (χ2n) is 4.82. The third-order valence-electron chi connectivity index (χ3n) is 2.94. The van der Waals surface area contributed by atoms with Gasteiger partial charge in [-0.1, -0.05) is 37.1 Å². The van der Waals surface area contributed by atoms with E-state index < -0.39 is 0 Å². The zero-order chi connectivity index (χ0) is 15.1. The van der Waals surface area contributed by atoms with Gasteiger partial charge >= 0.3 is 0 Å². The summed E-state index contributed by atoms with van der Waals surface area (Å²) in [6.45, 7) is 10.5. The van der Waals surface area contributed by atoms with Crippen molar-refractivity contribution < 1.29 is 0 Å². The van der Waals surface area contributed by atoms with Gasteiger partial charge in [-0.15, -0.1) is 0 Å². The molecule has 2 nitrogen and oxygen atoms in total.